The lowest BCUT2D eigenvalue weighted by Crippen LogP contribution is -2.43. The molecule has 0 spiro atoms. The molecule has 0 aromatic heterocycles. The van der Waals surface area contributed by atoms with Crippen LogP contribution in [-0.2, 0) is 19.1 Å². The fourth-order valence-corrected chi connectivity index (χ4v) is 3.29. The molecule has 0 aliphatic carbocycles. The zero-order valence-electron chi connectivity index (χ0n) is 17.1. The van der Waals surface area contributed by atoms with E-state index in [4.69, 9.17) is 16.3 Å². The number of benzene rings is 2. The Balaban J connectivity index is 1.49. The first-order valence-corrected chi connectivity index (χ1v) is 10.1. The largest absolute Gasteiger partial charge is 0.455 e. The molecule has 2 aromatic rings. The Kier molecular flexibility index (Phi) is 7.21. The van der Waals surface area contributed by atoms with Gasteiger partial charge in [-0.15, -0.1) is 0 Å². The second-order valence-corrected chi connectivity index (χ2v) is 7.53. The van der Waals surface area contributed by atoms with E-state index < -0.39 is 36.2 Å². The third-order valence-electron chi connectivity index (χ3n) is 4.71. The number of ether oxygens (including phenoxy) is 1. The smallest absolute Gasteiger partial charge is 0.311 e. The maximum atomic E-state index is 12.3. The first kappa shape index (κ1) is 23.0. The fourth-order valence-electron chi connectivity index (χ4n) is 3.07. The molecule has 0 saturated carbocycles. The summed E-state index contributed by atoms with van der Waals surface area (Å²) < 4.78 is 5.01. The Hall–Kier alpha value is -3.72. The summed E-state index contributed by atoms with van der Waals surface area (Å²) in [4.78, 5) is 60.2. The molecule has 3 rings (SSSR count). The van der Waals surface area contributed by atoms with E-state index >= 15 is 0 Å². The molecule has 1 saturated heterocycles. The van der Waals surface area contributed by atoms with Crippen molar-refractivity contribution in [2.75, 3.05) is 18.5 Å². The van der Waals surface area contributed by atoms with Crippen LogP contribution in [0.2, 0.25) is 5.02 Å². The summed E-state index contributed by atoms with van der Waals surface area (Å²) in [6.45, 7) is 0.766. The maximum absolute atomic E-state index is 12.3. The number of halogens is 1. The molecule has 2 N–H and O–H groups in total. The zero-order chi connectivity index (χ0) is 23.3. The van der Waals surface area contributed by atoms with Crippen LogP contribution >= 0.6 is 11.6 Å². The second kappa shape index (κ2) is 10.1. The van der Waals surface area contributed by atoms with Gasteiger partial charge in [-0.3, -0.25) is 34.4 Å². The lowest BCUT2D eigenvalue weighted by molar-refractivity contribution is -0.151. The number of anilines is 1. The number of nitrogens with one attached hydrogen (secondary N) is 2. The van der Waals surface area contributed by atoms with Crippen molar-refractivity contribution >= 4 is 46.8 Å². The van der Waals surface area contributed by atoms with E-state index in [2.05, 4.69) is 10.7 Å². The van der Waals surface area contributed by atoms with Crippen LogP contribution < -0.4 is 10.7 Å². The molecule has 1 fully saturated rings. The number of hydrogen-bond acceptors (Lipinski definition) is 6. The van der Waals surface area contributed by atoms with Crippen LogP contribution in [0, 0.1) is 5.92 Å². The van der Waals surface area contributed by atoms with Crippen molar-refractivity contribution in [3.05, 3.63) is 64.7 Å². The lowest BCUT2D eigenvalue weighted by atomic mass is 10.1. The van der Waals surface area contributed by atoms with Crippen molar-refractivity contribution in [2.45, 2.75) is 13.3 Å². The van der Waals surface area contributed by atoms with Gasteiger partial charge in [-0.1, -0.05) is 35.9 Å². The molecule has 2 aromatic carbocycles. The van der Waals surface area contributed by atoms with Gasteiger partial charge in [0, 0.05) is 17.7 Å². The second-order valence-electron chi connectivity index (χ2n) is 7.12. The van der Waals surface area contributed by atoms with E-state index in [1.54, 1.807) is 36.4 Å². The number of hydrazine groups is 1. The molecule has 9 nitrogen and oxygen atoms in total. The van der Waals surface area contributed by atoms with Crippen LogP contribution in [0.1, 0.15) is 34.1 Å². The predicted molar refractivity (Wildman–Crippen MR) is 115 cm³/mol. The standard InChI is InChI=1S/C22H20ClN3O6/c1-13(27)14-5-4-6-16(9-14)24-19(28)12-32-22(31)15-10-20(29)26(11-15)25-21(30)17-7-2-3-8-18(17)23/h2-9,15H,10-12H2,1H3,(H,24,28)(H,25,30)/t15-/m0/s1. The Morgan fingerprint density at radius 1 is 1.12 bits per heavy atom. The van der Waals surface area contributed by atoms with Gasteiger partial charge >= 0.3 is 5.97 Å². The number of hydrogen-bond donors (Lipinski definition) is 2. The minimum Gasteiger partial charge on any atom is -0.455 e. The molecule has 1 aliphatic rings. The molecular formula is C22H20ClN3O6. The molecule has 166 valence electrons. The van der Waals surface area contributed by atoms with Crippen molar-refractivity contribution in [2.24, 2.45) is 5.92 Å². The molecule has 32 heavy (non-hydrogen) atoms. The number of Topliss-reactive ketones (excluding diaryl/α,β-unsaturated/α-hetero) is 1. The molecule has 1 aliphatic heterocycles. The first-order chi connectivity index (χ1) is 15.2. The van der Waals surface area contributed by atoms with Crippen LogP contribution in [0.3, 0.4) is 0 Å². The van der Waals surface area contributed by atoms with Crippen molar-refractivity contribution in [3.63, 3.8) is 0 Å². The fraction of sp³-hybridized carbons (Fsp3) is 0.227. The summed E-state index contributed by atoms with van der Waals surface area (Å²) in [5.41, 5.74) is 3.45. The van der Waals surface area contributed by atoms with E-state index in [9.17, 15) is 24.0 Å². The first-order valence-electron chi connectivity index (χ1n) is 9.68. The van der Waals surface area contributed by atoms with Gasteiger partial charge < -0.3 is 10.1 Å². The van der Waals surface area contributed by atoms with Crippen LogP contribution in [0.5, 0.6) is 0 Å². The Morgan fingerprint density at radius 2 is 1.88 bits per heavy atom. The third kappa shape index (κ3) is 5.70. The van der Waals surface area contributed by atoms with Crippen LogP contribution in [-0.4, -0.2) is 47.6 Å². The Bertz CT molecular complexity index is 1090. The lowest BCUT2D eigenvalue weighted by Gasteiger charge is -2.18. The van der Waals surface area contributed by atoms with E-state index in [1.165, 1.54) is 19.1 Å². The van der Waals surface area contributed by atoms with Crippen LogP contribution in [0.25, 0.3) is 0 Å². The topological polar surface area (TPSA) is 122 Å². The highest BCUT2D eigenvalue weighted by atomic mass is 35.5. The van der Waals surface area contributed by atoms with Crippen LogP contribution in [0.15, 0.2) is 48.5 Å². The number of carbonyl (C=O) groups excluding carboxylic acids is 5. The number of rotatable bonds is 7. The highest BCUT2D eigenvalue weighted by Gasteiger charge is 2.37. The van der Waals surface area contributed by atoms with Gasteiger partial charge in [0.1, 0.15) is 0 Å². The van der Waals surface area contributed by atoms with E-state index in [0.717, 1.165) is 5.01 Å². The molecule has 10 heteroatoms. The normalized spacial score (nSPS) is 15.2. The molecule has 0 unspecified atom stereocenters. The average molecular weight is 458 g/mol. The van der Waals surface area contributed by atoms with Gasteiger partial charge in [-0.2, -0.15) is 0 Å². The number of esters is 1. The van der Waals surface area contributed by atoms with Crippen LogP contribution in [0.4, 0.5) is 5.69 Å². The number of ketones is 1. The zero-order valence-corrected chi connectivity index (χ0v) is 17.8. The number of amides is 3. The maximum Gasteiger partial charge on any atom is 0.311 e. The van der Waals surface area contributed by atoms with E-state index in [0.29, 0.717) is 11.3 Å². The Labute approximate surface area is 188 Å². The SMILES string of the molecule is CC(=O)c1cccc(NC(=O)COC(=O)[C@H]2CC(=O)N(NC(=O)c3ccccc3Cl)C2)c1. The Morgan fingerprint density at radius 3 is 2.59 bits per heavy atom. The van der Waals surface area contributed by atoms with Gasteiger partial charge in [-0.25, -0.2) is 0 Å². The third-order valence-corrected chi connectivity index (χ3v) is 5.04. The highest BCUT2D eigenvalue weighted by Crippen LogP contribution is 2.20. The molecule has 0 bridgehead atoms. The van der Waals surface area contributed by atoms with E-state index in [-0.39, 0.29) is 29.3 Å². The number of nitrogens with zero attached hydrogens (tertiary/aromatic N) is 1. The van der Waals surface area contributed by atoms with Gasteiger partial charge in [0.05, 0.1) is 23.0 Å². The number of carbonyl (C=O) groups is 5. The predicted octanol–water partition coefficient (Wildman–Crippen LogP) is 2.22. The van der Waals surface area contributed by atoms with Crippen molar-refractivity contribution in [3.8, 4) is 0 Å². The van der Waals surface area contributed by atoms with Gasteiger partial charge in [0.15, 0.2) is 12.4 Å². The molecule has 3 amide bonds. The van der Waals surface area contributed by atoms with Gasteiger partial charge in [-0.05, 0) is 31.2 Å². The summed E-state index contributed by atoms with van der Waals surface area (Å²) >= 11 is 5.98. The van der Waals surface area contributed by atoms with Crippen molar-refractivity contribution in [1.29, 1.82) is 0 Å². The minimum absolute atomic E-state index is 0.0872. The molecule has 1 atom stereocenters. The van der Waals surface area contributed by atoms with Gasteiger partial charge in [0.2, 0.25) is 5.91 Å². The highest BCUT2D eigenvalue weighted by molar-refractivity contribution is 6.33. The average Bonchev–Trinajstić information content (AvgIpc) is 3.12. The molecular weight excluding hydrogens is 438 g/mol. The molecule has 0 radical (unpaired) electrons. The quantitative estimate of drug-likeness (QED) is 0.485. The summed E-state index contributed by atoms with van der Waals surface area (Å²) in [5, 5.41) is 3.80. The minimum atomic E-state index is -0.831. The van der Waals surface area contributed by atoms with Gasteiger partial charge in [0.25, 0.3) is 11.8 Å². The van der Waals surface area contributed by atoms with Crippen molar-refractivity contribution in [1.82, 2.24) is 10.4 Å². The van der Waals surface area contributed by atoms with E-state index in [1.807, 2.05) is 0 Å². The summed E-state index contributed by atoms with van der Waals surface area (Å²) in [6, 6.07) is 12.7. The summed E-state index contributed by atoms with van der Waals surface area (Å²) in [7, 11) is 0. The monoisotopic (exact) mass is 457 g/mol. The summed E-state index contributed by atoms with van der Waals surface area (Å²) in [6.07, 6.45) is -0.163. The summed E-state index contributed by atoms with van der Waals surface area (Å²) in [5.74, 6) is -3.34. The van der Waals surface area contributed by atoms with Crippen molar-refractivity contribution < 1.29 is 28.7 Å². The molecule has 1 heterocycles.